The SMILES string of the molecule is O=C1NC[C@H](COC(=O)c2ccccc2C(=O)O)O1. The zero-order valence-corrected chi connectivity index (χ0v) is 9.79. The van der Waals surface area contributed by atoms with Crippen molar-refractivity contribution in [2.24, 2.45) is 0 Å². The minimum Gasteiger partial charge on any atom is -0.478 e. The van der Waals surface area contributed by atoms with Crippen LogP contribution in [0.2, 0.25) is 0 Å². The fourth-order valence-electron chi connectivity index (χ4n) is 1.62. The Balaban J connectivity index is 2.00. The van der Waals surface area contributed by atoms with Crippen LogP contribution in [0.3, 0.4) is 0 Å². The smallest absolute Gasteiger partial charge is 0.407 e. The lowest BCUT2D eigenvalue weighted by atomic mass is 10.1. The van der Waals surface area contributed by atoms with E-state index in [1.807, 2.05) is 0 Å². The molecule has 2 N–H and O–H groups in total. The van der Waals surface area contributed by atoms with Gasteiger partial charge in [-0.15, -0.1) is 0 Å². The van der Waals surface area contributed by atoms with Crippen LogP contribution in [0.25, 0.3) is 0 Å². The Morgan fingerprint density at radius 1 is 1.37 bits per heavy atom. The number of ether oxygens (including phenoxy) is 2. The van der Waals surface area contributed by atoms with Crippen molar-refractivity contribution in [3.63, 3.8) is 0 Å². The number of esters is 1. The van der Waals surface area contributed by atoms with E-state index in [-0.39, 0.29) is 24.3 Å². The minimum absolute atomic E-state index is 0.0349. The molecule has 0 unspecified atom stereocenters. The molecule has 0 aromatic heterocycles. The van der Waals surface area contributed by atoms with Crippen LogP contribution in [0.15, 0.2) is 24.3 Å². The molecule has 0 saturated carbocycles. The third kappa shape index (κ3) is 3.01. The van der Waals surface area contributed by atoms with Crippen molar-refractivity contribution in [1.29, 1.82) is 0 Å². The van der Waals surface area contributed by atoms with Crippen LogP contribution >= 0.6 is 0 Å². The topological polar surface area (TPSA) is 102 Å². The summed E-state index contributed by atoms with van der Waals surface area (Å²) in [6.45, 7) is 0.137. The fourth-order valence-corrected chi connectivity index (χ4v) is 1.62. The van der Waals surface area contributed by atoms with Gasteiger partial charge in [0.2, 0.25) is 0 Å². The van der Waals surface area contributed by atoms with Crippen LogP contribution in [-0.4, -0.2) is 42.4 Å². The molecule has 1 amide bonds. The van der Waals surface area contributed by atoms with Gasteiger partial charge in [0.05, 0.1) is 17.7 Å². The van der Waals surface area contributed by atoms with E-state index in [9.17, 15) is 14.4 Å². The second-order valence-electron chi connectivity index (χ2n) is 3.86. The molecule has 7 heteroatoms. The van der Waals surface area contributed by atoms with Crippen molar-refractivity contribution in [3.8, 4) is 0 Å². The second kappa shape index (κ2) is 5.38. The number of hydrogen-bond donors (Lipinski definition) is 2. The molecule has 1 aliphatic rings. The summed E-state index contributed by atoms with van der Waals surface area (Å²) >= 11 is 0. The summed E-state index contributed by atoms with van der Waals surface area (Å²) in [7, 11) is 0. The number of carboxylic acids is 1. The predicted molar refractivity (Wildman–Crippen MR) is 62.0 cm³/mol. The van der Waals surface area contributed by atoms with Crippen LogP contribution in [0.5, 0.6) is 0 Å². The average Bonchev–Trinajstić information content (AvgIpc) is 2.81. The summed E-state index contributed by atoms with van der Waals surface area (Å²) in [5.74, 6) is -1.97. The molecule has 0 aliphatic carbocycles. The summed E-state index contributed by atoms with van der Waals surface area (Å²) in [5, 5.41) is 11.4. The van der Waals surface area contributed by atoms with Crippen LogP contribution in [-0.2, 0) is 9.47 Å². The van der Waals surface area contributed by atoms with Crippen molar-refractivity contribution < 1.29 is 29.0 Å². The Labute approximate surface area is 108 Å². The largest absolute Gasteiger partial charge is 0.478 e. The zero-order chi connectivity index (χ0) is 13.8. The van der Waals surface area contributed by atoms with Gasteiger partial charge in [-0.1, -0.05) is 12.1 Å². The first-order chi connectivity index (χ1) is 9.08. The molecule has 1 aliphatic heterocycles. The molecule has 0 radical (unpaired) electrons. The van der Waals surface area contributed by atoms with Gasteiger partial charge >= 0.3 is 18.0 Å². The van der Waals surface area contributed by atoms with Crippen molar-refractivity contribution >= 4 is 18.0 Å². The molecule has 1 fully saturated rings. The van der Waals surface area contributed by atoms with Crippen LogP contribution < -0.4 is 5.32 Å². The molecule has 100 valence electrons. The van der Waals surface area contributed by atoms with Crippen LogP contribution in [0.4, 0.5) is 4.79 Å². The van der Waals surface area contributed by atoms with Gasteiger partial charge in [-0.3, -0.25) is 0 Å². The van der Waals surface area contributed by atoms with E-state index in [4.69, 9.17) is 14.6 Å². The lowest BCUT2D eigenvalue weighted by molar-refractivity contribution is 0.0296. The Kier molecular flexibility index (Phi) is 3.65. The standard InChI is InChI=1S/C12H11NO6/c14-10(15)8-3-1-2-4-9(8)11(16)18-6-7-5-13-12(17)19-7/h1-4,7H,5-6H2,(H,13,17)(H,14,15)/t7-/m1/s1. The van der Waals surface area contributed by atoms with Gasteiger partial charge in [0.25, 0.3) is 0 Å². The van der Waals surface area contributed by atoms with Gasteiger partial charge in [0.1, 0.15) is 6.61 Å². The highest BCUT2D eigenvalue weighted by molar-refractivity contribution is 6.02. The van der Waals surface area contributed by atoms with E-state index in [0.29, 0.717) is 0 Å². The quantitative estimate of drug-likeness (QED) is 0.775. The summed E-state index contributed by atoms with van der Waals surface area (Å²) in [6.07, 6.45) is -1.11. The number of carboxylic acid groups (broad SMARTS) is 1. The van der Waals surface area contributed by atoms with Crippen LogP contribution in [0, 0.1) is 0 Å². The Bertz CT molecular complexity index is 527. The van der Waals surface area contributed by atoms with Crippen molar-refractivity contribution in [2.75, 3.05) is 13.2 Å². The molecular weight excluding hydrogens is 254 g/mol. The number of amides is 1. The molecule has 1 heterocycles. The molecule has 1 atom stereocenters. The molecule has 1 aromatic rings. The highest BCUT2D eigenvalue weighted by Crippen LogP contribution is 2.11. The van der Waals surface area contributed by atoms with E-state index >= 15 is 0 Å². The molecular formula is C12H11NO6. The monoisotopic (exact) mass is 265 g/mol. The van der Waals surface area contributed by atoms with E-state index in [1.165, 1.54) is 18.2 Å². The third-order valence-corrected chi connectivity index (χ3v) is 2.53. The van der Waals surface area contributed by atoms with Gasteiger partial charge in [-0.2, -0.15) is 0 Å². The minimum atomic E-state index is -1.21. The molecule has 0 spiro atoms. The molecule has 1 saturated heterocycles. The second-order valence-corrected chi connectivity index (χ2v) is 3.86. The molecule has 0 bridgehead atoms. The van der Waals surface area contributed by atoms with Crippen LogP contribution in [0.1, 0.15) is 20.7 Å². The highest BCUT2D eigenvalue weighted by Gasteiger charge is 2.25. The number of alkyl carbamates (subject to hydrolysis) is 1. The fraction of sp³-hybridized carbons (Fsp3) is 0.250. The average molecular weight is 265 g/mol. The number of carbonyl (C=O) groups is 3. The number of rotatable bonds is 4. The molecule has 7 nitrogen and oxygen atoms in total. The lowest BCUT2D eigenvalue weighted by Gasteiger charge is -2.10. The van der Waals surface area contributed by atoms with Crippen molar-refractivity contribution in [3.05, 3.63) is 35.4 Å². The summed E-state index contributed by atoms with van der Waals surface area (Å²) in [5.41, 5.74) is -0.165. The van der Waals surface area contributed by atoms with Crippen molar-refractivity contribution in [2.45, 2.75) is 6.10 Å². The number of aromatic carboxylic acids is 1. The maximum Gasteiger partial charge on any atom is 0.407 e. The van der Waals surface area contributed by atoms with Gasteiger partial charge in [0, 0.05) is 0 Å². The van der Waals surface area contributed by atoms with E-state index in [1.54, 1.807) is 6.07 Å². The number of nitrogens with one attached hydrogen (secondary N) is 1. The first-order valence-electron chi connectivity index (χ1n) is 5.52. The highest BCUT2D eigenvalue weighted by atomic mass is 16.6. The van der Waals surface area contributed by atoms with E-state index in [0.717, 1.165) is 0 Å². The Morgan fingerprint density at radius 3 is 2.63 bits per heavy atom. The summed E-state index contributed by atoms with van der Waals surface area (Å²) in [4.78, 5) is 33.5. The molecule has 19 heavy (non-hydrogen) atoms. The van der Waals surface area contributed by atoms with Gasteiger partial charge in [0.15, 0.2) is 6.10 Å². The molecule has 1 aromatic carbocycles. The number of hydrogen-bond acceptors (Lipinski definition) is 5. The number of carbonyl (C=O) groups excluding carboxylic acids is 2. The first-order valence-corrected chi connectivity index (χ1v) is 5.52. The normalized spacial score (nSPS) is 17.5. The van der Waals surface area contributed by atoms with Gasteiger partial charge in [-0.25, -0.2) is 14.4 Å². The third-order valence-electron chi connectivity index (χ3n) is 2.53. The summed E-state index contributed by atoms with van der Waals surface area (Å²) < 4.78 is 9.71. The van der Waals surface area contributed by atoms with Crippen molar-refractivity contribution in [1.82, 2.24) is 5.32 Å². The molecule has 2 rings (SSSR count). The zero-order valence-electron chi connectivity index (χ0n) is 9.79. The van der Waals surface area contributed by atoms with Gasteiger partial charge in [-0.05, 0) is 12.1 Å². The Hall–Kier alpha value is -2.57. The number of benzene rings is 1. The first kappa shape index (κ1) is 12.9. The summed E-state index contributed by atoms with van der Waals surface area (Å²) in [6, 6.07) is 5.74. The van der Waals surface area contributed by atoms with E-state index < -0.39 is 24.1 Å². The van der Waals surface area contributed by atoms with Gasteiger partial charge < -0.3 is 19.9 Å². The van der Waals surface area contributed by atoms with E-state index in [2.05, 4.69) is 5.32 Å². The maximum atomic E-state index is 11.8. The maximum absolute atomic E-state index is 11.8. The predicted octanol–water partition coefficient (Wildman–Crippen LogP) is 0.650. The Morgan fingerprint density at radius 2 is 2.05 bits per heavy atom. The lowest BCUT2D eigenvalue weighted by Crippen LogP contribution is -2.23. The number of cyclic esters (lactones) is 1.